The van der Waals surface area contributed by atoms with E-state index in [1.807, 2.05) is 23.9 Å². The molecular weight excluding hydrogens is 276 g/mol. The van der Waals surface area contributed by atoms with Gasteiger partial charge in [-0.15, -0.1) is 0 Å². The van der Waals surface area contributed by atoms with Crippen molar-refractivity contribution in [2.75, 3.05) is 18.6 Å². The number of hydrogen-bond acceptors (Lipinski definition) is 3. The van der Waals surface area contributed by atoms with E-state index in [2.05, 4.69) is 17.6 Å². The van der Waals surface area contributed by atoms with Gasteiger partial charge in [0.25, 0.3) is 0 Å². The number of hydrogen-bond donors (Lipinski definition) is 1. The lowest BCUT2D eigenvalue weighted by Gasteiger charge is -2.07. The lowest BCUT2D eigenvalue weighted by Crippen LogP contribution is -2.15. The standard InChI is InChI=1S/C15H21ClN2S/c1-19-9-5-3-2-4-8-18-12-14-7-6-13(11-17)10-15(14)16/h6-7,10,18H,2-5,8-9,12H2,1H3. The third-order valence-corrected chi connectivity index (χ3v) is 4.00. The normalized spacial score (nSPS) is 10.4. The Bertz CT molecular complexity index is 415. The molecule has 0 aliphatic carbocycles. The number of nitrogens with zero attached hydrogens (tertiary/aromatic N) is 1. The maximum Gasteiger partial charge on any atom is 0.0992 e. The van der Waals surface area contributed by atoms with Gasteiger partial charge in [0.1, 0.15) is 0 Å². The lowest BCUT2D eigenvalue weighted by atomic mass is 10.1. The molecular formula is C15H21ClN2S. The van der Waals surface area contributed by atoms with Crippen LogP contribution in [0.2, 0.25) is 5.02 Å². The predicted octanol–water partition coefficient (Wildman–Crippen LogP) is 4.22. The third kappa shape index (κ3) is 6.87. The summed E-state index contributed by atoms with van der Waals surface area (Å²) in [6.07, 6.45) is 7.29. The molecule has 0 aliphatic rings. The first-order valence-corrected chi connectivity index (χ1v) is 8.43. The van der Waals surface area contributed by atoms with Crippen LogP contribution in [0.5, 0.6) is 0 Å². The Morgan fingerprint density at radius 2 is 2.05 bits per heavy atom. The van der Waals surface area contributed by atoms with Gasteiger partial charge in [-0.05, 0) is 49.1 Å². The molecule has 0 saturated heterocycles. The molecule has 0 fully saturated rings. The molecule has 4 heteroatoms. The van der Waals surface area contributed by atoms with Gasteiger partial charge >= 0.3 is 0 Å². The Hall–Kier alpha value is -0.690. The van der Waals surface area contributed by atoms with Crippen molar-refractivity contribution >= 4 is 23.4 Å². The first-order valence-electron chi connectivity index (χ1n) is 6.66. The maximum atomic E-state index is 8.76. The van der Waals surface area contributed by atoms with E-state index in [-0.39, 0.29) is 0 Å². The number of nitrogens with one attached hydrogen (secondary N) is 1. The second kappa shape index (κ2) is 10.1. The van der Waals surface area contributed by atoms with Crippen LogP contribution < -0.4 is 5.32 Å². The molecule has 19 heavy (non-hydrogen) atoms. The van der Waals surface area contributed by atoms with Gasteiger partial charge in [-0.3, -0.25) is 0 Å². The zero-order valence-electron chi connectivity index (χ0n) is 11.4. The Labute approximate surface area is 125 Å². The zero-order valence-corrected chi connectivity index (χ0v) is 13.0. The highest BCUT2D eigenvalue weighted by molar-refractivity contribution is 7.98. The molecule has 0 spiro atoms. The van der Waals surface area contributed by atoms with Crippen molar-refractivity contribution in [3.63, 3.8) is 0 Å². The summed E-state index contributed by atoms with van der Waals surface area (Å²) in [6, 6.07) is 7.55. The molecule has 0 saturated carbocycles. The van der Waals surface area contributed by atoms with E-state index in [0.29, 0.717) is 10.6 Å². The van der Waals surface area contributed by atoms with Crippen molar-refractivity contribution in [1.29, 1.82) is 5.26 Å². The topological polar surface area (TPSA) is 35.8 Å². The summed E-state index contributed by atoms with van der Waals surface area (Å²) < 4.78 is 0. The number of benzene rings is 1. The minimum atomic E-state index is 0.613. The Balaban J connectivity index is 2.14. The van der Waals surface area contributed by atoms with Crippen molar-refractivity contribution in [2.45, 2.75) is 32.2 Å². The van der Waals surface area contributed by atoms with E-state index in [1.165, 1.54) is 31.4 Å². The van der Waals surface area contributed by atoms with Gasteiger partial charge in [0.05, 0.1) is 11.6 Å². The summed E-state index contributed by atoms with van der Waals surface area (Å²) in [7, 11) is 0. The van der Waals surface area contributed by atoms with Gasteiger partial charge in [-0.1, -0.05) is 30.5 Å². The summed E-state index contributed by atoms with van der Waals surface area (Å²) in [5, 5.41) is 12.8. The molecule has 1 N–H and O–H groups in total. The number of unbranched alkanes of at least 4 members (excludes halogenated alkanes) is 3. The van der Waals surface area contributed by atoms with Crippen LogP contribution in [0.1, 0.15) is 36.8 Å². The summed E-state index contributed by atoms with van der Waals surface area (Å²) >= 11 is 8.03. The van der Waals surface area contributed by atoms with Gasteiger partial charge in [-0.25, -0.2) is 0 Å². The highest BCUT2D eigenvalue weighted by Gasteiger charge is 2.01. The van der Waals surface area contributed by atoms with E-state index in [9.17, 15) is 0 Å². The van der Waals surface area contributed by atoms with Crippen LogP contribution in [-0.2, 0) is 6.54 Å². The Kier molecular flexibility index (Phi) is 8.73. The van der Waals surface area contributed by atoms with Crippen molar-refractivity contribution < 1.29 is 0 Å². The van der Waals surface area contributed by atoms with Crippen molar-refractivity contribution in [1.82, 2.24) is 5.32 Å². The first kappa shape index (κ1) is 16.4. The smallest absolute Gasteiger partial charge is 0.0992 e. The summed E-state index contributed by atoms with van der Waals surface area (Å²) in [4.78, 5) is 0. The number of rotatable bonds is 9. The molecule has 0 bridgehead atoms. The fraction of sp³-hybridized carbons (Fsp3) is 0.533. The van der Waals surface area contributed by atoms with Crippen LogP contribution in [0.3, 0.4) is 0 Å². The second-order valence-corrected chi connectivity index (χ2v) is 5.89. The largest absolute Gasteiger partial charge is 0.313 e. The number of thioether (sulfide) groups is 1. The molecule has 0 unspecified atom stereocenters. The molecule has 2 nitrogen and oxygen atoms in total. The fourth-order valence-electron chi connectivity index (χ4n) is 1.83. The Morgan fingerprint density at radius 3 is 2.74 bits per heavy atom. The summed E-state index contributed by atoms with van der Waals surface area (Å²) in [5.74, 6) is 1.27. The quantitative estimate of drug-likeness (QED) is 0.693. The van der Waals surface area contributed by atoms with E-state index in [4.69, 9.17) is 16.9 Å². The molecule has 0 amide bonds. The fourth-order valence-corrected chi connectivity index (χ4v) is 2.57. The van der Waals surface area contributed by atoms with Crippen LogP contribution in [0, 0.1) is 11.3 Å². The number of nitriles is 1. The molecule has 0 aliphatic heterocycles. The second-order valence-electron chi connectivity index (χ2n) is 4.50. The van der Waals surface area contributed by atoms with Crippen LogP contribution >= 0.6 is 23.4 Å². The predicted molar refractivity (Wildman–Crippen MR) is 84.7 cm³/mol. The SMILES string of the molecule is CSCCCCCCNCc1ccc(C#N)cc1Cl. The zero-order chi connectivity index (χ0) is 13.9. The van der Waals surface area contributed by atoms with Gasteiger partial charge in [-0.2, -0.15) is 17.0 Å². The van der Waals surface area contributed by atoms with E-state index < -0.39 is 0 Å². The highest BCUT2D eigenvalue weighted by Crippen LogP contribution is 2.17. The third-order valence-electron chi connectivity index (χ3n) is 2.95. The molecule has 1 aromatic rings. The van der Waals surface area contributed by atoms with E-state index in [0.717, 1.165) is 18.7 Å². The van der Waals surface area contributed by atoms with Gasteiger partial charge in [0.2, 0.25) is 0 Å². The monoisotopic (exact) mass is 296 g/mol. The van der Waals surface area contributed by atoms with Crippen LogP contribution in [0.25, 0.3) is 0 Å². The van der Waals surface area contributed by atoms with Gasteiger partial charge in [0.15, 0.2) is 0 Å². The molecule has 0 radical (unpaired) electrons. The van der Waals surface area contributed by atoms with Crippen molar-refractivity contribution in [2.24, 2.45) is 0 Å². The van der Waals surface area contributed by atoms with E-state index in [1.54, 1.807) is 6.07 Å². The van der Waals surface area contributed by atoms with Crippen LogP contribution in [0.15, 0.2) is 18.2 Å². The summed E-state index contributed by atoms with van der Waals surface area (Å²) in [6.45, 7) is 1.80. The maximum absolute atomic E-state index is 8.76. The van der Waals surface area contributed by atoms with Crippen LogP contribution in [0.4, 0.5) is 0 Å². The molecule has 1 aromatic carbocycles. The molecule has 0 aromatic heterocycles. The highest BCUT2D eigenvalue weighted by atomic mass is 35.5. The molecule has 1 rings (SSSR count). The Morgan fingerprint density at radius 1 is 1.26 bits per heavy atom. The minimum absolute atomic E-state index is 0.613. The average molecular weight is 297 g/mol. The minimum Gasteiger partial charge on any atom is -0.313 e. The first-order chi connectivity index (χ1) is 9.27. The van der Waals surface area contributed by atoms with Crippen LogP contribution in [-0.4, -0.2) is 18.6 Å². The molecule has 0 heterocycles. The average Bonchev–Trinajstić information content (AvgIpc) is 2.43. The van der Waals surface area contributed by atoms with Gasteiger partial charge in [0, 0.05) is 11.6 Å². The van der Waals surface area contributed by atoms with Crippen molar-refractivity contribution in [3.8, 4) is 6.07 Å². The number of halogens is 1. The van der Waals surface area contributed by atoms with Gasteiger partial charge < -0.3 is 5.32 Å². The van der Waals surface area contributed by atoms with Crippen molar-refractivity contribution in [3.05, 3.63) is 34.3 Å². The molecule has 0 atom stereocenters. The molecule has 104 valence electrons. The van der Waals surface area contributed by atoms with E-state index >= 15 is 0 Å². The summed E-state index contributed by atoms with van der Waals surface area (Å²) in [5.41, 5.74) is 1.67. The lowest BCUT2D eigenvalue weighted by molar-refractivity contribution is 0.599.